The Morgan fingerprint density at radius 2 is 2.11 bits per heavy atom. The fourth-order valence-electron chi connectivity index (χ4n) is 1.86. The average molecular weight is 281 g/mol. The number of benzene rings is 1. The molecule has 1 aliphatic carbocycles. The standard InChI is InChI=1S/C14H17ClN2O2/c1-9-5-6-11(7-12(9)15)17-13(18)8-16-14(19)10-3-2-4-10/h5-7,10H,2-4,8H2,1H3,(H,16,19)(H,17,18). The molecule has 1 aromatic carbocycles. The maximum atomic E-state index is 11.7. The zero-order valence-corrected chi connectivity index (χ0v) is 11.6. The summed E-state index contributed by atoms with van der Waals surface area (Å²) in [5.74, 6) is -0.169. The van der Waals surface area contributed by atoms with Gasteiger partial charge in [-0.25, -0.2) is 0 Å². The molecule has 2 amide bonds. The minimum absolute atomic E-state index is 0.000822. The summed E-state index contributed by atoms with van der Waals surface area (Å²) >= 11 is 5.97. The summed E-state index contributed by atoms with van der Waals surface area (Å²) in [5, 5.41) is 5.96. The van der Waals surface area contributed by atoms with Gasteiger partial charge in [-0.05, 0) is 37.5 Å². The van der Waals surface area contributed by atoms with Gasteiger partial charge in [0.15, 0.2) is 0 Å². The van der Waals surface area contributed by atoms with Gasteiger partial charge in [-0.15, -0.1) is 0 Å². The van der Waals surface area contributed by atoms with E-state index >= 15 is 0 Å². The third-order valence-corrected chi connectivity index (χ3v) is 3.76. The van der Waals surface area contributed by atoms with Crippen LogP contribution in [0.15, 0.2) is 18.2 Å². The molecule has 0 spiro atoms. The van der Waals surface area contributed by atoms with Crippen LogP contribution in [0, 0.1) is 12.8 Å². The lowest BCUT2D eigenvalue weighted by Crippen LogP contribution is -2.39. The summed E-state index contributed by atoms with van der Waals surface area (Å²) < 4.78 is 0. The average Bonchev–Trinajstić information content (AvgIpc) is 2.29. The van der Waals surface area contributed by atoms with Crippen molar-refractivity contribution in [3.63, 3.8) is 0 Å². The monoisotopic (exact) mass is 280 g/mol. The second kappa shape index (κ2) is 6.06. The van der Waals surface area contributed by atoms with E-state index < -0.39 is 0 Å². The number of hydrogen-bond acceptors (Lipinski definition) is 2. The van der Waals surface area contributed by atoms with Gasteiger partial charge in [0.2, 0.25) is 11.8 Å². The Bertz CT molecular complexity index is 498. The lowest BCUT2D eigenvalue weighted by Gasteiger charge is -2.23. The molecule has 0 bridgehead atoms. The van der Waals surface area contributed by atoms with Crippen LogP contribution in [0.4, 0.5) is 5.69 Å². The molecular weight excluding hydrogens is 264 g/mol. The number of aryl methyl sites for hydroxylation is 1. The number of halogens is 1. The quantitative estimate of drug-likeness (QED) is 0.890. The first-order valence-corrected chi connectivity index (χ1v) is 6.78. The molecule has 19 heavy (non-hydrogen) atoms. The van der Waals surface area contributed by atoms with Gasteiger partial charge in [0.05, 0.1) is 6.54 Å². The van der Waals surface area contributed by atoms with Crippen LogP contribution in [0.25, 0.3) is 0 Å². The number of amides is 2. The zero-order chi connectivity index (χ0) is 13.8. The summed E-state index contributed by atoms with van der Waals surface area (Å²) in [6.45, 7) is 1.90. The van der Waals surface area contributed by atoms with Crippen molar-refractivity contribution >= 4 is 29.1 Å². The second-order valence-corrected chi connectivity index (χ2v) is 5.26. The Hall–Kier alpha value is -1.55. The summed E-state index contributed by atoms with van der Waals surface area (Å²) in [6.07, 6.45) is 2.97. The van der Waals surface area contributed by atoms with Gasteiger partial charge in [-0.2, -0.15) is 0 Å². The van der Waals surface area contributed by atoms with Crippen LogP contribution in [0.3, 0.4) is 0 Å². The molecule has 0 atom stereocenters. The number of carbonyl (C=O) groups is 2. The Morgan fingerprint density at radius 1 is 1.37 bits per heavy atom. The second-order valence-electron chi connectivity index (χ2n) is 4.86. The van der Waals surface area contributed by atoms with Gasteiger partial charge in [0, 0.05) is 16.6 Å². The van der Waals surface area contributed by atoms with Gasteiger partial charge in [0.25, 0.3) is 0 Å². The van der Waals surface area contributed by atoms with Crippen LogP contribution >= 0.6 is 11.6 Å². The van der Waals surface area contributed by atoms with Crippen molar-refractivity contribution in [2.24, 2.45) is 5.92 Å². The first kappa shape index (κ1) is 13.9. The number of nitrogens with one attached hydrogen (secondary N) is 2. The van der Waals surface area contributed by atoms with Crippen LogP contribution in [-0.2, 0) is 9.59 Å². The number of rotatable bonds is 4. The molecule has 0 radical (unpaired) electrons. The first-order valence-electron chi connectivity index (χ1n) is 6.40. The van der Waals surface area contributed by atoms with E-state index in [2.05, 4.69) is 10.6 Å². The Morgan fingerprint density at radius 3 is 2.68 bits per heavy atom. The third-order valence-electron chi connectivity index (χ3n) is 3.35. The minimum atomic E-state index is -0.243. The highest BCUT2D eigenvalue weighted by Crippen LogP contribution is 2.26. The Balaban J connectivity index is 1.80. The number of anilines is 1. The van der Waals surface area contributed by atoms with Crippen molar-refractivity contribution in [2.75, 3.05) is 11.9 Å². The van der Waals surface area contributed by atoms with E-state index in [0.717, 1.165) is 24.8 Å². The van der Waals surface area contributed by atoms with Crippen LogP contribution in [-0.4, -0.2) is 18.4 Å². The topological polar surface area (TPSA) is 58.2 Å². The molecule has 1 fully saturated rings. The molecule has 5 heteroatoms. The van der Waals surface area contributed by atoms with Crippen molar-refractivity contribution < 1.29 is 9.59 Å². The van der Waals surface area contributed by atoms with E-state index in [-0.39, 0.29) is 24.3 Å². The van der Waals surface area contributed by atoms with E-state index in [0.29, 0.717) is 10.7 Å². The van der Waals surface area contributed by atoms with Gasteiger partial charge < -0.3 is 10.6 Å². The summed E-state index contributed by atoms with van der Waals surface area (Å²) in [4.78, 5) is 23.2. The van der Waals surface area contributed by atoms with Crippen LogP contribution in [0.5, 0.6) is 0 Å². The Kier molecular flexibility index (Phi) is 4.43. The summed E-state index contributed by atoms with van der Waals surface area (Å²) in [6, 6.07) is 5.32. The fourth-order valence-corrected chi connectivity index (χ4v) is 2.04. The largest absolute Gasteiger partial charge is 0.347 e. The SMILES string of the molecule is Cc1ccc(NC(=O)CNC(=O)C2CCC2)cc1Cl. The molecule has 2 N–H and O–H groups in total. The minimum Gasteiger partial charge on any atom is -0.347 e. The zero-order valence-electron chi connectivity index (χ0n) is 10.8. The van der Waals surface area contributed by atoms with E-state index in [4.69, 9.17) is 11.6 Å². The predicted octanol–water partition coefficient (Wildman–Crippen LogP) is 2.50. The molecule has 4 nitrogen and oxygen atoms in total. The van der Waals surface area contributed by atoms with E-state index in [1.165, 1.54) is 0 Å². The van der Waals surface area contributed by atoms with Crippen molar-refractivity contribution in [1.29, 1.82) is 0 Å². The van der Waals surface area contributed by atoms with Crippen molar-refractivity contribution in [3.8, 4) is 0 Å². The molecule has 1 aliphatic rings. The highest BCUT2D eigenvalue weighted by atomic mass is 35.5. The van der Waals surface area contributed by atoms with Crippen molar-refractivity contribution in [3.05, 3.63) is 28.8 Å². The number of carbonyl (C=O) groups excluding carboxylic acids is 2. The van der Waals surface area contributed by atoms with Crippen molar-refractivity contribution in [2.45, 2.75) is 26.2 Å². The highest BCUT2D eigenvalue weighted by Gasteiger charge is 2.25. The summed E-state index contributed by atoms with van der Waals surface area (Å²) in [5.41, 5.74) is 1.59. The van der Waals surface area contributed by atoms with Gasteiger partial charge in [-0.1, -0.05) is 24.1 Å². The summed E-state index contributed by atoms with van der Waals surface area (Å²) in [7, 11) is 0. The molecule has 102 valence electrons. The Labute approximate surface area is 117 Å². The molecule has 1 aromatic rings. The van der Waals surface area contributed by atoms with E-state index in [9.17, 15) is 9.59 Å². The first-order chi connectivity index (χ1) is 9.06. The lowest BCUT2D eigenvalue weighted by atomic mass is 9.85. The maximum absolute atomic E-state index is 11.7. The molecular formula is C14H17ClN2O2. The van der Waals surface area contributed by atoms with Gasteiger partial charge in [0.1, 0.15) is 0 Å². The van der Waals surface area contributed by atoms with E-state index in [1.54, 1.807) is 12.1 Å². The fraction of sp³-hybridized carbons (Fsp3) is 0.429. The lowest BCUT2D eigenvalue weighted by molar-refractivity contribution is -0.129. The van der Waals surface area contributed by atoms with Crippen LogP contribution in [0.1, 0.15) is 24.8 Å². The molecule has 0 aliphatic heterocycles. The normalized spacial score (nSPS) is 14.6. The van der Waals surface area contributed by atoms with Crippen molar-refractivity contribution in [1.82, 2.24) is 5.32 Å². The molecule has 0 saturated heterocycles. The molecule has 2 rings (SSSR count). The number of hydrogen-bond donors (Lipinski definition) is 2. The molecule has 0 unspecified atom stereocenters. The highest BCUT2D eigenvalue weighted by molar-refractivity contribution is 6.31. The molecule has 1 saturated carbocycles. The molecule has 0 aromatic heterocycles. The maximum Gasteiger partial charge on any atom is 0.243 e. The molecule has 0 heterocycles. The van der Waals surface area contributed by atoms with E-state index in [1.807, 2.05) is 13.0 Å². The smallest absolute Gasteiger partial charge is 0.243 e. The van der Waals surface area contributed by atoms with Crippen LogP contribution < -0.4 is 10.6 Å². The van der Waals surface area contributed by atoms with Gasteiger partial charge in [-0.3, -0.25) is 9.59 Å². The predicted molar refractivity (Wildman–Crippen MR) is 75.2 cm³/mol. The van der Waals surface area contributed by atoms with Crippen LogP contribution in [0.2, 0.25) is 5.02 Å². The van der Waals surface area contributed by atoms with Gasteiger partial charge >= 0.3 is 0 Å². The third kappa shape index (κ3) is 3.70.